The van der Waals surface area contributed by atoms with Gasteiger partial charge >= 0.3 is 0 Å². The van der Waals surface area contributed by atoms with Crippen LogP contribution in [0.2, 0.25) is 0 Å². The molecular formula is C12H8O. The predicted molar refractivity (Wildman–Crippen MR) is 52.0 cm³/mol. The summed E-state index contributed by atoms with van der Waals surface area (Å²) in [7, 11) is 0. The van der Waals surface area contributed by atoms with E-state index in [0.717, 1.165) is 5.57 Å². The Hall–Kier alpha value is -1.63. The highest BCUT2D eigenvalue weighted by molar-refractivity contribution is 6.13. The van der Waals surface area contributed by atoms with E-state index in [-0.39, 0.29) is 5.78 Å². The maximum absolute atomic E-state index is 11.1. The molecule has 0 aliphatic heterocycles. The monoisotopic (exact) mass is 168 g/mol. The lowest BCUT2D eigenvalue weighted by molar-refractivity contribution is -0.113. The van der Waals surface area contributed by atoms with Gasteiger partial charge in [0.15, 0.2) is 5.78 Å². The van der Waals surface area contributed by atoms with Crippen molar-refractivity contribution in [3.05, 3.63) is 47.0 Å². The van der Waals surface area contributed by atoms with Crippen LogP contribution in [-0.4, -0.2) is 5.78 Å². The summed E-state index contributed by atoms with van der Waals surface area (Å²) in [5, 5.41) is 0. The summed E-state index contributed by atoms with van der Waals surface area (Å²) >= 11 is 0. The van der Waals surface area contributed by atoms with Crippen molar-refractivity contribution in [3.8, 4) is 0 Å². The highest BCUT2D eigenvalue weighted by atomic mass is 16.1. The van der Waals surface area contributed by atoms with Crippen LogP contribution in [0.4, 0.5) is 0 Å². The van der Waals surface area contributed by atoms with E-state index in [1.807, 2.05) is 12.1 Å². The second-order valence-electron chi connectivity index (χ2n) is 3.46. The van der Waals surface area contributed by atoms with E-state index in [1.54, 1.807) is 6.08 Å². The fourth-order valence-corrected chi connectivity index (χ4v) is 2.02. The number of rotatable bonds is 0. The maximum Gasteiger partial charge on any atom is 0.160 e. The Labute approximate surface area is 76.4 Å². The quantitative estimate of drug-likeness (QED) is 0.581. The van der Waals surface area contributed by atoms with Crippen molar-refractivity contribution in [1.82, 2.24) is 0 Å². The minimum atomic E-state index is 0.232. The second-order valence-corrected chi connectivity index (χ2v) is 3.46. The zero-order valence-electron chi connectivity index (χ0n) is 7.08. The van der Waals surface area contributed by atoms with E-state index < -0.39 is 0 Å². The van der Waals surface area contributed by atoms with Gasteiger partial charge in [-0.25, -0.2) is 0 Å². The Kier molecular flexibility index (Phi) is 1.15. The molecule has 62 valence electrons. The lowest BCUT2D eigenvalue weighted by Crippen LogP contribution is -1.83. The highest BCUT2D eigenvalue weighted by Gasteiger charge is 2.25. The van der Waals surface area contributed by atoms with E-state index in [4.69, 9.17) is 0 Å². The summed E-state index contributed by atoms with van der Waals surface area (Å²) in [5.41, 5.74) is 4.78. The standard InChI is InChI=1S/C12H8O/c13-10-6-9-5-8-3-1-2-4-11(8)12(9)7-10/h1-5,7H,6H2. The number of benzene rings is 1. The summed E-state index contributed by atoms with van der Waals surface area (Å²) in [6, 6.07) is 8.20. The zero-order chi connectivity index (χ0) is 8.84. The molecule has 2 aliphatic rings. The van der Waals surface area contributed by atoms with Gasteiger partial charge in [0, 0.05) is 6.42 Å². The zero-order valence-corrected chi connectivity index (χ0v) is 7.08. The van der Waals surface area contributed by atoms with Gasteiger partial charge in [-0.05, 0) is 28.3 Å². The van der Waals surface area contributed by atoms with Crippen LogP contribution >= 0.6 is 0 Å². The molecule has 0 atom stereocenters. The lowest BCUT2D eigenvalue weighted by Gasteiger charge is -1.97. The van der Waals surface area contributed by atoms with Crippen molar-refractivity contribution in [2.75, 3.05) is 0 Å². The first-order valence-electron chi connectivity index (χ1n) is 4.39. The molecule has 1 aromatic carbocycles. The average Bonchev–Trinajstić information content (AvgIpc) is 2.60. The van der Waals surface area contributed by atoms with Crippen LogP contribution in [-0.2, 0) is 4.79 Å². The molecule has 0 aromatic heterocycles. The van der Waals surface area contributed by atoms with Gasteiger partial charge in [0.05, 0.1) is 0 Å². The van der Waals surface area contributed by atoms with Crippen molar-refractivity contribution in [2.24, 2.45) is 0 Å². The van der Waals surface area contributed by atoms with Gasteiger partial charge in [-0.2, -0.15) is 0 Å². The summed E-state index contributed by atoms with van der Waals surface area (Å²) in [4.78, 5) is 11.1. The van der Waals surface area contributed by atoms with Crippen molar-refractivity contribution in [1.29, 1.82) is 0 Å². The first-order valence-corrected chi connectivity index (χ1v) is 4.39. The van der Waals surface area contributed by atoms with E-state index in [9.17, 15) is 4.79 Å². The summed E-state index contributed by atoms with van der Waals surface area (Å²) in [6.07, 6.45) is 4.47. The Morgan fingerprint density at radius 3 is 2.85 bits per heavy atom. The molecule has 1 aromatic rings. The van der Waals surface area contributed by atoms with Crippen LogP contribution in [0, 0.1) is 0 Å². The van der Waals surface area contributed by atoms with Crippen molar-refractivity contribution in [3.63, 3.8) is 0 Å². The molecular weight excluding hydrogens is 160 g/mol. The van der Waals surface area contributed by atoms with Crippen molar-refractivity contribution >= 4 is 17.4 Å². The number of carbonyl (C=O) groups is 1. The molecule has 1 heteroatoms. The van der Waals surface area contributed by atoms with Gasteiger partial charge in [0.1, 0.15) is 0 Å². The first kappa shape index (κ1) is 6.84. The largest absolute Gasteiger partial charge is 0.294 e. The van der Waals surface area contributed by atoms with E-state index in [2.05, 4.69) is 18.2 Å². The Bertz CT molecular complexity index is 464. The summed E-state index contributed by atoms with van der Waals surface area (Å²) in [5.74, 6) is 0.232. The van der Waals surface area contributed by atoms with Crippen LogP contribution in [0.5, 0.6) is 0 Å². The van der Waals surface area contributed by atoms with E-state index in [1.165, 1.54) is 16.7 Å². The van der Waals surface area contributed by atoms with Crippen molar-refractivity contribution in [2.45, 2.75) is 6.42 Å². The molecule has 0 unspecified atom stereocenters. The van der Waals surface area contributed by atoms with Gasteiger partial charge < -0.3 is 0 Å². The number of allylic oxidation sites excluding steroid dienone is 3. The molecule has 0 bridgehead atoms. The third-order valence-corrected chi connectivity index (χ3v) is 2.60. The molecule has 0 amide bonds. The van der Waals surface area contributed by atoms with Gasteiger partial charge in [-0.15, -0.1) is 0 Å². The molecule has 0 spiro atoms. The Morgan fingerprint density at radius 1 is 1.08 bits per heavy atom. The molecule has 3 rings (SSSR count). The van der Waals surface area contributed by atoms with Crippen LogP contribution in [0.3, 0.4) is 0 Å². The second kappa shape index (κ2) is 2.19. The number of carbonyl (C=O) groups excluding carboxylic acids is 1. The highest BCUT2D eigenvalue weighted by Crippen LogP contribution is 2.40. The fraction of sp³-hybridized carbons (Fsp3) is 0.0833. The molecule has 0 N–H and O–H groups in total. The number of fused-ring (bicyclic) bond motifs is 3. The maximum atomic E-state index is 11.1. The number of hydrogen-bond acceptors (Lipinski definition) is 1. The lowest BCUT2D eigenvalue weighted by atomic mass is 10.1. The van der Waals surface area contributed by atoms with E-state index >= 15 is 0 Å². The summed E-state index contributed by atoms with van der Waals surface area (Å²) in [6.45, 7) is 0. The minimum Gasteiger partial charge on any atom is -0.294 e. The van der Waals surface area contributed by atoms with Crippen LogP contribution in [0.15, 0.2) is 35.9 Å². The van der Waals surface area contributed by atoms with Gasteiger partial charge in [-0.3, -0.25) is 4.79 Å². The minimum absolute atomic E-state index is 0.232. The molecule has 0 saturated heterocycles. The van der Waals surface area contributed by atoms with Gasteiger partial charge in [0.25, 0.3) is 0 Å². The normalized spacial score (nSPS) is 18.0. The smallest absolute Gasteiger partial charge is 0.160 e. The Morgan fingerprint density at radius 2 is 1.92 bits per heavy atom. The molecule has 2 aliphatic carbocycles. The van der Waals surface area contributed by atoms with Crippen molar-refractivity contribution < 1.29 is 4.79 Å². The average molecular weight is 168 g/mol. The molecule has 13 heavy (non-hydrogen) atoms. The third kappa shape index (κ3) is 0.842. The molecule has 0 heterocycles. The van der Waals surface area contributed by atoms with Crippen LogP contribution < -0.4 is 0 Å². The topological polar surface area (TPSA) is 17.1 Å². The van der Waals surface area contributed by atoms with Crippen LogP contribution in [0.25, 0.3) is 11.6 Å². The fourth-order valence-electron chi connectivity index (χ4n) is 2.02. The molecule has 0 radical (unpaired) electrons. The molecule has 1 nitrogen and oxygen atoms in total. The van der Waals surface area contributed by atoms with E-state index in [0.29, 0.717) is 6.42 Å². The summed E-state index contributed by atoms with van der Waals surface area (Å²) < 4.78 is 0. The SMILES string of the molecule is O=C1C=C2C(=Cc3ccccc32)C1. The number of hydrogen-bond donors (Lipinski definition) is 0. The molecule has 0 saturated carbocycles. The molecule has 0 fully saturated rings. The Balaban J connectivity index is 2.28. The van der Waals surface area contributed by atoms with Crippen LogP contribution in [0.1, 0.15) is 17.5 Å². The predicted octanol–water partition coefficient (Wildman–Crippen LogP) is 2.44. The number of ketones is 1. The third-order valence-electron chi connectivity index (χ3n) is 2.60. The van der Waals surface area contributed by atoms with Gasteiger partial charge in [-0.1, -0.05) is 30.3 Å². The first-order chi connectivity index (χ1) is 6.34. The van der Waals surface area contributed by atoms with Gasteiger partial charge in [0.2, 0.25) is 0 Å².